The van der Waals surface area contributed by atoms with Crippen LogP contribution in [0.2, 0.25) is 0 Å². The molecule has 0 saturated heterocycles. The van der Waals surface area contributed by atoms with Crippen LogP contribution < -0.4 is 0 Å². The van der Waals surface area contributed by atoms with Gasteiger partial charge in [-0.15, -0.1) is 0 Å². The Morgan fingerprint density at radius 2 is 2.06 bits per heavy atom. The molecule has 0 aliphatic heterocycles. The van der Waals surface area contributed by atoms with Crippen LogP contribution in [0.3, 0.4) is 0 Å². The molecule has 5 heteroatoms. The van der Waals surface area contributed by atoms with Crippen LogP contribution >= 0.6 is 0 Å². The third-order valence-electron chi connectivity index (χ3n) is 2.14. The lowest BCUT2D eigenvalue weighted by Crippen LogP contribution is -2.08. The monoisotopic (exact) mass is 223 g/mol. The summed E-state index contributed by atoms with van der Waals surface area (Å²) in [6.45, 7) is 0. The average molecular weight is 223 g/mol. The van der Waals surface area contributed by atoms with Gasteiger partial charge in [0.1, 0.15) is 0 Å². The molecule has 1 aromatic rings. The van der Waals surface area contributed by atoms with Gasteiger partial charge in [0, 0.05) is 18.8 Å². The van der Waals surface area contributed by atoms with Crippen molar-refractivity contribution in [1.82, 2.24) is 4.98 Å². The molecule has 1 heterocycles. The molecule has 0 bridgehead atoms. The van der Waals surface area contributed by atoms with Gasteiger partial charge in [-0.3, -0.25) is 9.78 Å². The van der Waals surface area contributed by atoms with Crippen molar-refractivity contribution in [3.63, 3.8) is 0 Å². The van der Waals surface area contributed by atoms with Gasteiger partial charge in [0.05, 0.1) is 19.8 Å². The molecule has 0 spiro atoms. The summed E-state index contributed by atoms with van der Waals surface area (Å²) in [5, 5.41) is 0. The van der Waals surface area contributed by atoms with Gasteiger partial charge < -0.3 is 9.47 Å². The molecule has 0 saturated carbocycles. The molecule has 0 N–H and O–H groups in total. The topological polar surface area (TPSA) is 65.5 Å². The minimum atomic E-state index is -0.428. The molecule has 16 heavy (non-hydrogen) atoms. The van der Waals surface area contributed by atoms with Crippen molar-refractivity contribution < 1.29 is 19.1 Å². The number of carbonyl (C=O) groups is 2. The van der Waals surface area contributed by atoms with Crippen molar-refractivity contribution >= 4 is 11.9 Å². The lowest BCUT2D eigenvalue weighted by atomic mass is 10.1. The van der Waals surface area contributed by atoms with Gasteiger partial charge in [-0.2, -0.15) is 0 Å². The maximum atomic E-state index is 11.4. The number of aryl methyl sites for hydroxylation is 1. The smallest absolute Gasteiger partial charge is 0.338 e. The van der Waals surface area contributed by atoms with E-state index in [1.807, 2.05) is 0 Å². The standard InChI is InChI=1S/C11H13NO4/c1-15-10(13)4-3-8-7-12-6-5-9(8)11(14)16-2/h5-7H,3-4H2,1-2H3. The molecule has 0 aliphatic rings. The first-order valence-electron chi connectivity index (χ1n) is 4.77. The van der Waals surface area contributed by atoms with Crippen molar-refractivity contribution in [2.75, 3.05) is 14.2 Å². The number of carbonyl (C=O) groups excluding carboxylic acids is 2. The lowest BCUT2D eigenvalue weighted by Gasteiger charge is -2.05. The molecule has 0 unspecified atom stereocenters. The first-order chi connectivity index (χ1) is 7.69. The average Bonchev–Trinajstić information content (AvgIpc) is 2.35. The summed E-state index contributed by atoms with van der Waals surface area (Å²) in [6, 6.07) is 1.57. The summed E-state index contributed by atoms with van der Waals surface area (Å²) >= 11 is 0. The second-order valence-corrected chi connectivity index (χ2v) is 3.10. The fraction of sp³-hybridized carbons (Fsp3) is 0.364. The summed E-state index contributed by atoms with van der Waals surface area (Å²) < 4.78 is 9.15. The number of methoxy groups -OCH3 is 2. The van der Waals surface area contributed by atoms with E-state index < -0.39 is 5.97 Å². The first kappa shape index (κ1) is 12.2. The van der Waals surface area contributed by atoms with E-state index >= 15 is 0 Å². The van der Waals surface area contributed by atoms with Crippen molar-refractivity contribution in [2.24, 2.45) is 0 Å². The van der Waals surface area contributed by atoms with Crippen LogP contribution in [0.1, 0.15) is 22.3 Å². The van der Waals surface area contributed by atoms with E-state index in [1.165, 1.54) is 20.4 Å². The highest BCUT2D eigenvalue weighted by atomic mass is 16.5. The summed E-state index contributed by atoms with van der Waals surface area (Å²) in [6.07, 6.45) is 3.68. The number of hydrogen-bond acceptors (Lipinski definition) is 5. The Morgan fingerprint density at radius 1 is 1.31 bits per heavy atom. The highest BCUT2D eigenvalue weighted by Gasteiger charge is 2.12. The van der Waals surface area contributed by atoms with Gasteiger partial charge in [0.2, 0.25) is 0 Å². The molecular weight excluding hydrogens is 210 g/mol. The number of nitrogens with zero attached hydrogens (tertiary/aromatic N) is 1. The molecule has 0 aromatic carbocycles. The minimum absolute atomic E-state index is 0.214. The summed E-state index contributed by atoms with van der Waals surface area (Å²) in [5.74, 6) is -0.748. The molecule has 5 nitrogen and oxygen atoms in total. The Kier molecular flexibility index (Phi) is 4.44. The fourth-order valence-electron chi connectivity index (χ4n) is 1.27. The third kappa shape index (κ3) is 3.05. The van der Waals surface area contributed by atoms with E-state index in [0.717, 1.165) is 0 Å². The molecular formula is C11H13NO4. The van der Waals surface area contributed by atoms with Gasteiger partial charge in [-0.25, -0.2) is 4.79 Å². The van der Waals surface area contributed by atoms with E-state index in [2.05, 4.69) is 14.5 Å². The number of rotatable bonds is 4. The molecule has 1 aromatic heterocycles. The van der Waals surface area contributed by atoms with Gasteiger partial charge in [-0.05, 0) is 18.1 Å². The predicted molar refractivity (Wildman–Crippen MR) is 55.9 cm³/mol. The van der Waals surface area contributed by atoms with E-state index in [1.54, 1.807) is 12.3 Å². The third-order valence-corrected chi connectivity index (χ3v) is 2.14. The zero-order chi connectivity index (χ0) is 12.0. The van der Waals surface area contributed by atoms with E-state index in [-0.39, 0.29) is 12.4 Å². The highest BCUT2D eigenvalue weighted by molar-refractivity contribution is 5.90. The summed E-state index contributed by atoms with van der Waals surface area (Å²) in [4.78, 5) is 26.3. The number of aromatic nitrogens is 1. The molecule has 0 amide bonds. The SMILES string of the molecule is COC(=O)CCc1cnccc1C(=O)OC. The molecule has 86 valence electrons. The largest absolute Gasteiger partial charge is 0.469 e. The van der Waals surface area contributed by atoms with E-state index in [9.17, 15) is 9.59 Å². The Morgan fingerprint density at radius 3 is 2.69 bits per heavy atom. The van der Waals surface area contributed by atoms with Crippen LogP contribution in [-0.2, 0) is 20.7 Å². The molecule has 0 atom stereocenters. The van der Waals surface area contributed by atoms with Crippen LogP contribution in [-0.4, -0.2) is 31.1 Å². The maximum absolute atomic E-state index is 11.4. The Bertz CT molecular complexity index is 389. The van der Waals surface area contributed by atoms with Crippen molar-refractivity contribution in [2.45, 2.75) is 12.8 Å². The molecule has 0 aliphatic carbocycles. The van der Waals surface area contributed by atoms with Crippen LogP contribution in [0.15, 0.2) is 18.5 Å². The van der Waals surface area contributed by atoms with Crippen LogP contribution in [0.25, 0.3) is 0 Å². The van der Waals surface area contributed by atoms with Crippen LogP contribution in [0.4, 0.5) is 0 Å². The number of esters is 2. The maximum Gasteiger partial charge on any atom is 0.338 e. The van der Waals surface area contributed by atoms with Crippen molar-refractivity contribution in [3.8, 4) is 0 Å². The number of hydrogen-bond donors (Lipinski definition) is 0. The predicted octanol–water partition coefficient (Wildman–Crippen LogP) is 0.974. The van der Waals surface area contributed by atoms with Gasteiger partial charge >= 0.3 is 11.9 Å². The number of ether oxygens (including phenoxy) is 2. The van der Waals surface area contributed by atoms with Gasteiger partial charge in [0.25, 0.3) is 0 Å². The normalized spacial score (nSPS) is 9.62. The zero-order valence-corrected chi connectivity index (χ0v) is 9.23. The second-order valence-electron chi connectivity index (χ2n) is 3.10. The summed E-state index contributed by atoms with van der Waals surface area (Å²) in [7, 11) is 2.64. The quantitative estimate of drug-likeness (QED) is 0.712. The van der Waals surface area contributed by atoms with Crippen LogP contribution in [0.5, 0.6) is 0 Å². The Hall–Kier alpha value is -1.91. The van der Waals surface area contributed by atoms with Crippen LogP contribution in [0, 0.1) is 0 Å². The molecule has 0 radical (unpaired) electrons. The molecule has 1 rings (SSSR count). The second kappa shape index (κ2) is 5.85. The fourth-order valence-corrected chi connectivity index (χ4v) is 1.27. The van der Waals surface area contributed by atoms with Gasteiger partial charge in [-0.1, -0.05) is 0 Å². The Labute approximate surface area is 93.4 Å². The lowest BCUT2D eigenvalue weighted by molar-refractivity contribution is -0.140. The van der Waals surface area contributed by atoms with Crippen molar-refractivity contribution in [1.29, 1.82) is 0 Å². The van der Waals surface area contributed by atoms with Gasteiger partial charge in [0.15, 0.2) is 0 Å². The highest BCUT2D eigenvalue weighted by Crippen LogP contribution is 2.11. The minimum Gasteiger partial charge on any atom is -0.469 e. The van der Waals surface area contributed by atoms with E-state index in [0.29, 0.717) is 17.5 Å². The zero-order valence-electron chi connectivity index (χ0n) is 9.23. The Balaban J connectivity index is 2.79. The van der Waals surface area contributed by atoms with E-state index in [4.69, 9.17) is 0 Å². The number of pyridine rings is 1. The van der Waals surface area contributed by atoms with Crippen molar-refractivity contribution in [3.05, 3.63) is 29.6 Å². The molecule has 0 fully saturated rings. The summed E-state index contributed by atoms with van der Waals surface area (Å²) in [5.41, 5.74) is 1.11. The first-order valence-corrected chi connectivity index (χ1v) is 4.77.